The zero-order valence-electron chi connectivity index (χ0n) is 11.7. The smallest absolute Gasteiger partial charge is 0.142 e. The molecule has 2 rings (SSSR count). The molecule has 20 heavy (non-hydrogen) atoms. The Morgan fingerprint density at radius 3 is 2.55 bits per heavy atom. The van der Waals surface area contributed by atoms with Crippen LogP contribution in [0.5, 0.6) is 11.5 Å². The summed E-state index contributed by atoms with van der Waals surface area (Å²) in [5.41, 5.74) is 1.35. The summed E-state index contributed by atoms with van der Waals surface area (Å²) in [6, 6.07) is 6.29. The maximum atomic E-state index is 14.2. The number of rotatable bonds is 5. The lowest BCUT2D eigenvalue weighted by Gasteiger charge is -2.20. The molecule has 0 saturated heterocycles. The molecule has 1 N–H and O–H groups in total. The molecule has 0 aliphatic rings. The van der Waals surface area contributed by atoms with E-state index >= 15 is 0 Å². The fourth-order valence-corrected chi connectivity index (χ4v) is 2.15. The van der Waals surface area contributed by atoms with E-state index in [-0.39, 0.29) is 11.9 Å². The summed E-state index contributed by atoms with van der Waals surface area (Å²) in [7, 11) is 4.85. The van der Waals surface area contributed by atoms with E-state index in [4.69, 9.17) is 9.47 Å². The summed E-state index contributed by atoms with van der Waals surface area (Å²) < 4.78 is 24.5. The maximum absolute atomic E-state index is 14.2. The van der Waals surface area contributed by atoms with Crippen LogP contribution in [0.2, 0.25) is 0 Å². The summed E-state index contributed by atoms with van der Waals surface area (Å²) in [5, 5.41) is 3.10. The molecule has 0 aliphatic carbocycles. The summed E-state index contributed by atoms with van der Waals surface area (Å²) >= 11 is 0. The van der Waals surface area contributed by atoms with Gasteiger partial charge in [-0.2, -0.15) is 0 Å². The van der Waals surface area contributed by atoms with Crippen molar-refractivity contribution >= 4 is 0 Å². The maximum Gasteiger partial charge on any atom is 0.142 e. The predicted molar refractivity (Wildman–Crippen MR) is 74.6 cm³/mol. The largest absolute Gasteiger partial charge is 0.497 e. The molecule has 0 aliphatic heterocycles. The van der Waals surface area contributed by atoms with Gasteiger partial charge >= 0.3 is 0 Å². The minimum Gasteiger partial charge on any atom is -0.497 e. The molecule has 1 heterocycles. The molecule has 106 valence electrons. The molecule has 4 nitrogen and oxygen atoms in total. The number of hydrogen-bond donors (Lipinski definition) is 1. The normalized spacial score (nSPS) is 12.0. The van der Waals surface area contributed by atoms with E-state index in [1.807, 2.05) is 6.07 Å². The number of nitrogens with one attached hydrogen (secondary N) is 1. The number of hydrogen-bond acceptors (Lipinski definition) is 4. The first-order chi connectivity index (χ1) is 9.71. The zero-order valence-corrected chi connectivity index (χ0v) is 11.7. The second-order valence-corrected chi connectivity index (χ2v) is 4.23. The molecule has 0 fully saturated rings. The van der Waals surface area contributed by atoms with Gasteiger partial charge in [0.1, 0.15) is 17.3 Å². The Hall–Kier alpha value is -2.14. The highest BCUT2D eigenvalue weighted by Gasteiger charge is 2.20. The molecule has 0 radical (unpaired) electrons. The quantitative estimate of drug-likeness (QED) is 0.911. The van der Waals surface area contributed by atoms with Crippen molar-refractivity contribution in [1.82, 2.24) is 10.3 Å². The summed E-state index contributed by atoms with van der Waals surface area (Å²) in [6.07, 6.45) is 3.27. The van der Waals surface area contributed by atoms with Crippen LogP contribution >= 0.6 is 0 Å². The van der Waals surface area contributed by atoms with Crippen molar-refractivity contribution in [2.75, 3.05) is 21.3 Å². The van der Waals surface area contributed by atoms with Crippen LogP contribution in [0, 0.1) is 5.82 Å². The van der Waals surface area contributed by atoms with Gasteiger partial charge in [0.25, 0.3) is 0 Å². The molecule has 0 amide bonds. The highest BCUT2D eigenvalue weighted by Crippen LogP contribution is 2.31. The third kappa shape index (κ3) is 2.72. The van der Waals surface area contributed by atoms with Crippen LogP contribution in [0.4, 0.5) is 4.39 Å². The third-order valence-electron chi connectivity index (χ3n) is 3.15. The van der Waals surface area contributed by atoms with Crippen LogP contribution in [0.3, 0.4) is 0 Å². The molecule has 5 heteroatoms. The molecule has 0 bridgehead atoms. The Labute approximate surface area is 117 Å². The number of benzene rings is 1. The second kappa shape index (κ2) is 6.34. The second-order valence-electron chi connectivity index (χ2n) is 4.23. The van der Waals surface area contributed by atoms with E-state index in [1.165, 1.54) is 13.2 Å². The molecule has 1 aromatic heterocycles. The Balaban J connectivity index is 2.47. The first kappa shape index (κ1) is 14.3. The van der Waals surface area contributed by atoms with Crippen molar-refractivity contribution in [3.63, 3.8) is 0 Å². The van der Waals surface area contributed by atoms with Crippen LogP contribution in [-0.2, 0) is 0 Å². The standard InChI is InChI=1S/C15H17FN2O2/c1-17-15(12-6-7-18-9-14(12)20-3)11-5-4-10(19-2)8-13(11)16/h4-9,15,17H,1-3H3. The summed E-state index contributed by atoms with van der Waals surface area (Å²) in [4.78, 5) is 4.01. The molecular weight excluding hydrogens is 259 g/mol. The SMILES string of the molecule is CNC(c1ccc(OC)cc1F)c1ccncc1OC. The van der Waals surface area contributed by atoms with Crippen molar-refractivity contribution in [2.24, 2.45) is 0 Å². The average molecular weight is 276 g/mol. The Morgan fingerprint density at radius 2 is 1.95 bits per heavy atom. The molecule has 0 spiro atoms. The van der Waals surface area contributed by atoms with E-state index in [9.17, 15) is 4.39 Å². The van der Waals surface area contributed by atoms with Gasteiger partial charge in [-0.25, -0.2) is 4.39 Å². The van der Waals surface area contributed by atoms with Gasteiger partial charge in [-0.3, -0.25) is 4.98 Å². The van der Waals surface area contributed by atoms with Gasteiger partial charge in [0.05, 0.1) is 26.5 Å². The van der Waals surface area contributed by atoms with E-state index in [0.717, 1.165) is 5.56 Å². The van der Waals surface area contributed by atoms with Crippen molar-refractivity contribution in [3.05, 3.63) is 53.6 Å². The van der Waals surface area contributed by atoms with E-state index < -0.39 is 0 Å². The highest BCUT2D eigenvalue weighted by molar-refractivity contribution is 5.41. The Kier molecular flexibility index (Phi) is 4.53. The van der Waals surface area contributed by atoms with Crippen molar-refractivity contribution < 1.29 is 13.9 Å². The third-order valence-corrected chi connectivity index (χ3v) is 3.15. The van der Waals surface area contributed by atoms with Crippen LogP contribution in [0.25, 0.3) is 0 Å². The van der Waals surface area contributed by atoms with Crippen molar-refractivity contribution in [2.45, 2.75) is 6.04 Å². The summed E-state index contributed by atoms with van der Waals surface area (Å²) in [5.74, 6) is 0.771. The first-order valence-corrected chi connectivity index (χ1v) is 6.19. The number of aromatic nitrogens is 1. The number of ether oxygens (including phenoxy) is 2. The fourth-order valence-electron chi connectivity index (χ4n) is 2.15. The lowest BCUT2D eigenvalue weighted by Crippen LogP contribution is -2.19. The summed E-state index contributed by atoms with van der Waals surface area (Å²) in [6.45, 7) is 0. The molecule has 2 aromatic rings. The lowest BCUT2D eigenvalue weighted by atomic mass is 9.98. The van der Waals surface area contributed by atoms with E-state index in [2.05, 4.69) is 10.3 Å². The first-order valence-electron chi connectivity index (χ1n) is 6.19. The molecule has 1 unspecified atom stereocenters. The molecule has 0 saturated carbocycles. The predicted octanol–water partition coefficient (Wildman–Crippen LogP) is 2.55. The van der Waals surface area contributed by atoms with Crippen LogP contribution in [0.15, 0.2) is 36.7 Å². The van der Waals surface area contributed by atoms with Gasteiger partial charge in [-0.1, -0.05) is 6.07 Å². The van der Waals surface area contributed by atoms with E-state index in [1.54, 1.807) is 38.7 Å². The average Bonchev–Trinajstić information content (AvgIpc) is 2.50. The molecule has 1 atom stereocenters. The van der Waals surface area contributed by atoms with Gasteiger partial charge in [-0.15, -0.1) is 0 Å². The van der Waals surface area contributed by atoms with Gasteiger partial charge in [0.15, 0.2) is 0 Å². The Bertz CT molecular complexity index is 590. The fraction of sp³-hybridized carbons (Fsp3) is 0.267. The van der Waals surface area contributed by atoms with Crippen LogP contribution < -0.4 is 14.8 Å². The number of halogens is 1. The van der Waals surface area contributed by atoms with Gasteiger partial charge < -0.3 is 14.8 Å². The van der Waals surface area contributed by atoms with Crippen molar-refractivity contribution in [3.8, 4) is 11.5 Å². The number of methoxy groups -OCH3 is 2. The molecular formula is C15H17FN2O2. The van der Waals surface area contributed by atoms with Crippen LogP contribution in [0.1, 0.15) is 17.2 Å². The van der Waals surface area contributed by atoms with Crippen molar-refractivity contribution in [1.29, 1.82) is 0 Å². The monoisotopic (exact) mass is 276 g/mol. The Morgan fingerprint density at radius 1 is 1.15 bits per heavy atom. The minimum absolute atomic E-state index is 0.321. The van der Waals surface area contributed by atoms with Gasteiger partial charge in [0, 0.05) is 23.4 Å². The molecule has 1 aromatic carbocycles. The number of pyridine rings is 1. The lowest BCUT2D eigenvalue weighted by molar-refractivity contribution is 0.401. The zero-order chi connectivity index (χ0) is 14.5. The van der Waals surface area contributed by atoms with Gasteiger partial charge in [0.2, 0.25) is 0 Å². The minimum atomic E-state index is -0.331. The van der Waals surface area contributed by atoms with Crippen LogP contribution in [-0.4, -0.2) is 26.3 Å². The van der Waals surface area contributed by atoms with E-state index in [0.29, 0.717) is 17.1 Å². The topological polar surface area (TPSA) is 43.4 Å². The number of nitrogens with zero attached hydrogens (tertiary/aromatic N) is 1. The highest BCUT2D eigenvalue weighted by atomic mass is 19.1. The van der Waals surface area contributed by atoms with Gasteiger partial charge in [-0.05, 0) is 19.2 Å².